The first kappa shape index (κ1) is 47.5. The highest BCUT2D eigenvalue weighted by atomic mass is 16.2. The minimum absolute atomic E-state index is 0.0903. The summed E-state index contributed by atoms with van der Waals surface area (Å²) in [7, 11) is 3.87. The molecule has 4 fully saturated rings. The number of hydrogen-bond donors (Lipinski definition) is 2. The molecule has 1 unspecified atom stereocenters. The Bertz CT molecular complexity index is 2870. The van der Waals surface area contributed by atoms with Gasteiger partial charge in [0.05, 0.1) is 11.1 Å². The molecule has 70 heavy (non-hydrogen) atoms. The van der Waals surface area contributed by atoms with Crippen LogP contribution in [0, 0.1) is 5.92 Å². The van der Waals surface area contributed by atoms with Gasteiger partial charge < -0.3 is 14.8 Å². The molecule has 4 amide bonds. The number of nitrogens with one attached hydrogen (secondary N) is 2. The Kier molecular flexibility index (Phi) is 13.0. The van der Waals surface area contributed by atoms with Gasteiger partial charge in [-0.25, -0.2) is 4.98 Å². The lowest BCUT2D eigenvalue weighted by atomic mass is 9.85. The maximum absolute atomic E-state index is 13.8. The van der Waals surface area contributed by atoms with Crippen LogP contribution in [0.25, 0.3) is 16.7 Å². The summed E-state index contributed by atoms with van der Waals surface area (Å²) in [5.41, 5.74) is 7.73. The molecule has 0 saturated carbocycles. The van der Waals surface area contributed by atoms with E-state index in [0.717, 1.165) is 129 Å². The number of amides is 4. The lowest BCUT2D eigenvalue weighted by Gasteiger charge is -2.42. The van der Waals surface area contributed by atoms with Crippen LogP contribution >= 0.6 is 0 Å². The van der Waals surface area contributed by atoms with Crippen molar-refractivity contribution in [2.45, 2.75) is 102 Å². The highest BCUT2D eigenvalue weighted by Gasteiger charge is 2.49. The molecule has 0 aliphatic carbocycles. The van der Waals surface area contributed by atoms with E-state index in [1.807, 2.05) is 62.3 Å². The minimum Gasteiger partial charge on any atom is -0.388 e. The fourth-order valence-electron chi connectivity index (χ4n) is 12.1. The second-order valence-corrected chi connectivity index (χ2v) is 21.1. The molecular weight excluding hydrogens is 881 g/mol. The van der Waals surface area contributed by atoms with Gasteiger partial charge in [0.15, 0.2) is 0 Å². The van der Waals surface area contributed by atoms with Crippen molar-refractivity contribution in [3.8, 4) is 5.69 Å². The summed E-state index contributed by atoms with van der Waals surface area (Å²) in [6.07, 6.45) is 8.27. The van der Waals surface area contributed by atoms with Gasteiger partial charge in [0.25, 0.3) is 11.5 Å². The van der Waals surface area contributed by atoms with Gasteiger partial charge in [-0.15, -0.1) is 0 Å². The number of nitrogens with zero attached hydrogens (tertiary/aromatic N) is 8. The molecule has 10 rings (SSSR count). The molecule has 4 saturated heterocycles. The second kappa shape index (κ2) is 19.2. The lowest BCUT2D eigenvalue weighted by molar-refractivity contribution is -0.136. The Labute approximate surface area is 410 Å². The summed E-state index contributed by atoms with van der Waals surface area (Å²) < 4.78 is 3.85. The summed E-state index contributed by atoms with van der Waals surface area (Å²) in [5.74, 6) is 0.342. The fraction of sp³-hybridized carbons (Fsp3) is 0.491. The number of hydrogen-bond acceptors (Lipinski definition) is 10. The van der Waals surface area contributed by atoms with Crippen molar-refractivity contribution in [3.63, 3.8) is 0 Å². The molecule has 3 atom stereocenters. The van der Waals surface area contributed by atoms with Crippen LogP contribution in [0.1, 0.15) is 111 Å². The Hall–Kier alpha value is -6.16. The number of carbonyl (C=O) groups is 4. The third-order valence-corrected chi connectivity index (χ3v) is 16.5. The molecule has 15 heteroatoms. The van der Waals surface area contributed by atoms with Gasteiger partial charge in [0.2, 0.25) is 17.7 Å². The van der Waals surface area contributed by atoms with E-state index in [4.69, 9.17) is 4.98 Å². The Morgan fingerprint density at radius 3 is 2.33 bits per heavy atom. The number of fused-ring (bicyclic) bond motifs is 2. The number of carbonyl (C=O) groups excluding carboxylic acids is 4. The van der Waals surface area contributed by atoms with Gasteiger partial charge in [-0.1, -0.05) is 24.3 Å². The molecule has 0 bridgehead atoms. The Balaban J connectivity index is 0.681. The summed E-state index contributed by atoms with van der Waals surface area (Å²) in [4.78, 5) is 81.1. The number of piperidine rings is 3. The van der Waals surface area contributed by atoms with E-state index in [-0.39, 0.29) is 35.7 Å². The molecular formula is C55H68N10O5. The normalized spacial score (nSPS) is 22.4. The molecule has 2 N–H and O–H groups in total. The van der Waals surface area contributed by atoms with Crippen LogP contribution in [-0.2, 0) is 33.4 Å². The summed E-state index contributed by atoms with van der Waals surface area (Å²) in [6, 6.07) is 22.2. The summed E-state index contributed by atoms with van der Waals surface area (Å²) in [5, 5.41) is 6.42. The average Bonchev–Trinajstić information content (AvgIpc) is 3.80. The summed E-state index contributed by atoms with van der Waals surface area (Å²) in [6.45, 7) is 16.7. The lowest BCUT2D eigenvalue weighted by Crippen LogP contribution is -2.55. The summed E-state index contributed by atoms with van der Waals surface area (Å²) >= 11 is 0. The molecule has 0 spiro atoms. The van der Waals surface area contributed by atoms with Gasteiger partial charge in [0, 0.05) is 125 Å². The standard InChI is InChI=1S/C55H68N10O5/c1-35-32-60(33-38-7-12-46-44(29-38)55(3,4)54(70)65(46)47-13-14-49(66)58-52(47)68)27-28-63(35)34-37-16-22-62(23-17-37)53(69)41-10-8-39(9-11-41)40-18-24-61(25-19-40)36(2)48-31-43-45(15-21-57-51(43)59(48)6)64-26-20-42(56-5)30-50(64)67/h7-12,15,20-21,26,29-31,35-37,40,47,56H,13-14,16-19,22-25,27-28,32-34H2,1-6H3,(H,58,66,68)/t35-,36-,47?/m0/s1. The van der Waals surface area contributed by atoms with Gasteiger partial charge >= 0.3 is 0 Å². The first-order chi connectivity index (χ1) is 33.7. The largest absolute Gasteiger partial charge is 0.388 e. The zero-order valence-corrected chi connectivity index (χ0v) is 41.6. The van der Waals surface area contributed by atoms with Crippen molar-refractivity contribution in [1.82, 2.24) is 39.0 Å². The van der Waals surface area contributed by atoms with Crippen LogP contribution in [0.4, 0.5) is 11.4 Å². The first-order valence-electron chi connectivity index (χ1n) is 25.4. The first-order valence-corrected chi connectivity index (χ1v) is 25.4. The van der Waals surface area contributed by atoms with Crippen LogP contribution in [0.2, 0.25) is 0 Å². The molecule has 5 aliphatic heterocycles. The van der Waals surface area contributed by atoms with E-state index in [9.17, 15) is 24.0 Å². The molecule has 5 aromatic rings. The van der Waals surface area contributed by atoms with E-state index >= 15 is 0 Å². The van der Waals surface area contributed by atoms with Gasteiger partial charge in [-0.2, -0.15) is 0 Å². The highest BCUT2D eigenvalue weighted by molar-refractivity contribution is 6.13. The predicted octanol–water partition coefficient (Wildman–Crippen LogP) is 6.19. The van der Waals surface area contributed by atoms with Crippen molar-refractivity contribution in [2.75, 3.05) is 69.6 Å². The number of anilines is 2. The zero-order valence-electron chi connectivity index (χ0n) is 41.6. The molecule has 2 aromatic carbocycles. The average molecular weight is 949 g/mol. The number of pyridine rings is 2. The van der Waals surface area contributed by atoms with E-state index in [2.05, 4.69) is 81.1 Å². The molecule has 368 valence electrons. The maximum Gasteiger partial charge on any atom is 0.257 e. The van der Waals surface area contributed by atoms with E-state index in [1.165, 1.54) is 11.3 Å². The molecule has 0 radical (unpaired) electrons. The molecule has 8 heterocycles. The third kappa shape index (κ3) is 8.96. The van der Waals surface area contributed by atoms with E-state index in [1.54, 1.807) is 21.7 Å². The van der Waals surface area contributed by atoms with Crippen LogP contribution < -0.4 is 21.1 Å². The van der Waals surface area contributed by atoms with Crippen LogP contribution in [0.3, 0.4) is 0 Å². The van der Waals surface area contributed by atoms with E-state index < -0.39 is 17.4 Å². The highest BCUT2D eigenvalue weighted by Crippen LogP contribution is 2.44. The molecule has 5 aliphatic rings. The molecule has 3 aromatic heterocycles. The quantitative estimate of drug-likeness (QED) is 0.147. The Morgan fingerprint density at radius 2 is 1.63 bits per heavy atom. The van der Waals surface area contributed by atoms with Crippen molar-refractivity contribution < 1.29 is 19.2 Å². The van der Waals surface area contributed by atoms with E-state index in [0.29, 0.717) is 24.3 Å². The van der Waals surface area contributed by atoms with Gasteiger partial charge in [0.1, 0.15) is 11.7 Å². The minimum atomic E-state index is -0.762. The maximum atomic E-state index is 13.8. The number of aryl methyl sites for hydroxylation is 1. The molecule has 15 nitrogen and oxygen atoms in total. The van der Waals surface area contributed by atoms with Gasteiger partial charge in [-0.3, -0.25) is 53.5 Å². The Morgan fingerprint density at radius 1 is 0.871 bits per heavy atom. The topological polar surface area (TPSA) is 148 Å². The smallest absolute Gasteiger partial charge is 0.257 e. The number of imide groups is 1. The SMILES string of the molecule is CNc1ccn(-c2ccnc3c2cc([C@H](C)N2CCC(c4ccc(C(=O)N5CCC(CN6CCN(Cc7ccc8c(c7)C(C)(C)C(=O)N8C7CCC(=O)NC7=O)C[C@@H]6C)CC5)cc4)CC2)n3C)c(=O)c1. The van der Waals surface area contributed by atoms with Crippen LogP contribution in [0.15, 0.2) is 83.9 Å². The van der Waals surface area contributed by atoms with Crippen molar-refractivity contribution in [3.05, 3.63) is 117 Å². The number of benzene rings is 2. The monoisotopic (exact) mass is 949 g/mol. The van der Waals surface area contributed by atoms with Crippen LogP contribution in [0.5, 0.6) is 0 Å². The fourth-order valence-corrected chi connectivity index (χ4v) is 12.1. The second-order valence-electron chi connectivity index (χ2n) is 21.1. The van der Waals surface area contributed by atoms with Crippen molar-refractivity contribution >= 4 is 46.0 Å². The zero-order chi connectivity index (χ0) is 49.0. The number of rotatable bonds is 11. The van der Waals surface area contributed by atoms with Crippen molar-refractivity contribution in [2.24, 2.45) is 13.0 Å². The predicted molar refractivity (Wildman–Crippen MR) is 272 cm³/mol. The number of aromatic nitrogens is 3. The van der Waals surface area contributed by atoms with Crippen molar-refractivity contribution in [1.29, 1.82) is 0 Å². The third-order valence-electron chi connectivity index (χ3n) is 16.5. The number of likely N-dealkylation sites (tertiary alicyclic amines) is 2. The van der Waals surface area contributed by atoms with Crippen LogP contribution in [-0.4, -0.2) is 129 Å². The number of piperazine rings is 1. The van der Waals surface area contributed by atoms with Gasteiger partial charge in [-0.05, 0) is 138 Å².